The molecule has 0 saturated carbocycles. The molecule has 18 heavy (non-hydrogen) atoms. The first kappa shape index (κ1) is 12.4. The fraction of sp³-hybridized carbons (Fsp3) is 0.286. The molecular weight excluding hydrogens is 230 g/mol. The van der Waals surface area contributed by atoms with Crippen LogP contribution >= 0.6 is 0 Å². The van der Waals surface area contributed by atoms with Gasteiger partial charge >= 0.3 is 5.97 Å². The molecule has 0 unspecified atom stereocenters. The third kappa shape index (κ3) is 2.14. The van der Waals surface area contributed by atoms with Crippen LogP contribution in [0.3, 0.4) is 0 Å². The highest BCUT2D eigenvalue weighted by Gasteiger charge is 2.11. The first-order chi connectivity index (χ1) is 8.67. The van der Waals surface area contributed by atoms with Gasteiger partial charge in [0.05, 0.1) is 5.56 Å². The Morgan fingerprint density at radius 3 is 2.83 bits per heavy atom. The van der Waals surface area contributed by atoms with Crippen LogP contribution in [0.2, 0.25) is 0 Å². The molecule has 0 atom stereocenters. The van der Waals surface area contributed by atoms with Crippen molar-refractivity contribution in [3.05, 3.63) is 35.5 Å². The Hall–Kier alpha value is -2.10. The van der Waals surface area contributed by atoms with Crippen molar-refractivity contribution in [3.8, 4) is 0 Å². The number of hydrogen-bond donors (Lipinski definition) is 1. The summed E-state index contributed by atoms with van der Waals surface area (Å²) in [6.07, 6.45) is 4.65. The van der Waals surface area contributed by atoms with Crippen molar-refractivity contribution in [2.45, 2.75) is 26.3 Å². The maximum absolute atomic E-state index is 11.0. The molecule has 1 N–H and O–H groups in total. The second-order valence-corrected chi connectivity index (χ2v) is 4.29. The number of carbonyl (C=O) groups is 2. The number of hydrogen-bond acceptors (Lipinski definition) is 2. The zero-order chi connectivity index (χ0) is 13.1. The Morgan fingerprint density at radius 1 is 1.44 bits per heavy atom. The van der Waals surface area contributed by atoms with E-state index in [9.17, 15) is 9.59 Å². The van der Waals surface area contributed by atoms with E-state index >= 15 is 0 Å². The predicted molar refractivity (Wildman–Crippen MR) is 69.2 cm³/mol. The van der Waals surface area contributed by atoms with Gasteiger partial charge in [0.25, 0.3) is 0 Å². The molecular formula is C14H15NO3. The molecule has 0 aliphatic rings. The zero-order valence-electron chi connectivity index (χ0n) is 10.2. The lowest BCUT2D eigenvalue weighted by atomic mass is 10.1. The standard InChI is InChI=1S/C14H15NO3/c1-2-3-6-15-8-11(9-16)12-5-4-10(14(17)18)7-13(12)15/h4-5,7-9H,2-3,6H2,1H3,(H,17,18). The van der Waals surface area contributed by atoms with Crippen molar-refractivity contribution in [2.24, 2.45) is 0 Å². The zero-order valence-corrected chi connectivity index (χ0v) is 10.2. The smallest absolute Gasteiger partial charge is 0.335 e. The number of aldehydes is 1. The van der Waals surface area contributed by atoms with Crippen LogP contribution < -0.4 is 0 Å². The van der Waals surface area contributed by atoms with Crippen LogP contribution in [-0.4, -0.2) is 21.9 Å². The SMILES string of the molecule is CCCCn1cc(C=O)c2ccc(C(=O)O)cc21. The molecule has 0 fully saturated rings. The number of aromatic nitrogens is 1. The Kier molecular flexibility index (Phi) is 3.46. The molecule has 1 heterocycles. The van der Waals surface area contributed by atoms with Gasteiger partial charge in [-0.15, -0.1) is 0 Å². The van der Waals surface area contributed by atoms with E-state index in [1.54, 1.807) is 18.3 Å². The van der Waals surface area contributed by atoms with Gasteiger partial charge in [-0.05, 0) is 18.6 Å². The minimum absolute atomic E-state index is 0.246. The summed E-state index contributed by atoms with van der Waals surface area (Å²) in [6, 6.07) is 4.85. The Morgan fingerprint density at radius 2 is 2.22 bits per heavy atom. The third-order valence-electron chi connectivity index (χ3n) is 3.04. The van der Waals surface area contributed by atoms with Crippen molar-refractivity contribution >= 4 is 23.2 Å². The topological polar surface area (TPSA) is 59.3 Å². The van der Waals surface area contributed by atoms with Gasteiger partial charge in [-0.1, -0.05) is 19.4 Å². The lowest BCUT2D eigenvalue weighted by Gasteiger charge is -2.04. The van der Waals surface area contributed by atoms with Crippen molar-refractivity contribution in [3.63, 3.8) is 0 Å². The molecule has 0 aliphatic heterocycles. The van der Waals surface area contributed by atoms with Crippen LogP contribution in [-0.2, 0) is 6.54 Å². The van der Waals surface area contributed by atoms with E-state index < -0.39 is 5.97 Å². The minimum atomic E-state index is -0.951. The van der Waals surface area contributed by atoms with Crippen molar-refractivity contribution < 1.29 is 14.7 Å². The number of fused-ring (bicyclic) bond motifs is 1. The summed E-state index contributed by atoms with van der Waals surface area (Å²) in [4.78, 5) is 22.0. The van der Waals surface area contributed by atoms with Crippen LogP contribution in [0.5, 0.6) is 0 Å². The lowest BCUT2D eigenvalue weighted by molar-refractivity contribution is 0.0697. The highest BCUT2D eigenvalue weighted by atomic mass is 16.4. The van der Waals surface area contributed by atoms with E-state index in [-0.39, 0.29) is 5.56 Å². The molecule has 4 nitrogen and oxygen atoms in total. The van der Waals surface area contributed by atoms with Crippen molar-refractivity contribution in [1.82, 2.24) is 4.57 Å². The Labute approximate surface area is 105 Å². The number of aryl methyl sites for hydroxylation is 1. The first-order valence-electron chi connectivity index (χ1n) is 5.98. The number of nitrogens with zero attached hydrogens (tertiary/aromatic N) is 1. The normalized spacial score (nSPS) is 10.7. The monoisotopic (exact) mass is 245 g/mol. The second-order valence-electron chi connectivity index (χ2n) is 4.29. The largest absolute Gasteiger partial charge is 0.478 e. The van der Waals surface area contributed by atoms with Crippen LogP contribution in [0.15, 0.2) is 24.4 Å². The molecule has 0 bridgehead atoms. The van der Waals surface area contributed by atoms with Crippen LogP contribution in [0.4, 0.5) is 0 Å². The van der Waals surface area contributed by atoms with Gasteiger partial charge in [-0.2, -0.15) is 0 Å². The fourth-order valence-electron chi connectivity index (χ4n) is 2.06. The quantitative estimate of drug-likeness (QED) is 0.824. The second kappa shape index (κ2) is 5.04. The van der Waals surface area contributed by atoms with Gasteiger partial charge in [-0.3, -0.25) is 4.79 Å². The van der Waals surface area contributed by atoms with Crippen molar-refractivity contribution in [2.75, 3.05) is 0 Å². The predicted octanol–water partition coefficient (Wildman–Crippen LogP) is 2.95. The maximum atomic E-state index is 11.0. The molecule has 94 valence electrons. The van der Waals surface area contributed by atoms with Crippen molar-refractivity contribution in [1.29, 1.82) is 0 Å². The van der Waals surface area contributed by atoms with Gasteiger partial charge in [0.1, 0.15) is 0 Å². The maximum Gasteiger partial charge on any atom is 0.335 e. The van der Waals surface area contributed by atoms with Gasteiger partial charge in [0, 0.05) is 29.2 Å². The highest BCUT2D eigenvalue weighted by molar-refractivity contribution is 6.00. The molecule has 0 radical (unpaired) electrons. The number of carboxylic acids is 1. The summed E-state index contributed by atoms with van der Waals surface area (Å²) in [5.74, 6) is -0.951. The first-order valence-corrected chi connectivity index (χ1v) is 5.98. The summed E-state index contributed by atoms with van der Waals surface area (Å²) in [7, 11) is 0. The summed E-state index contributed by atoms with van der Waals surface area (Å²) < 4.78 is 1.95. The number of unbranched alkanes of at least 4 members (excludes halogenated alkanes) is 1. The van der Waals surface area contributed by atoms with Crippen LogP contribution in [0.1, 0.15) is 40.5 Å². The van der Waals surface area contributed by atoms with E-state index in [4.69, 9.17) is 5.11 Å². The van der Waals surface area contributed by atoms with Gasteiger partial charge in [0.2, 0.25) is 0 Å². The van der Waals surface area contributed by atoms with E-state index in [0.29, 0.717) is 5.56 Å². The lowest BCUT2D eigenvalue weighted by Crippen LogP contribution is -1.99. The highest BCUT2D eigenvalue weighted by Crippen LogP contribution is 2.22. The summed E-state index contributed by atoms with van der Waals surface area (Å²) in [5.41, 5.74) is 1.67. The molecule has 2 aromatic rings. The molecule has 1 aromatic carbocycles. The van der Waals surface area contributed by atoms with E-state index in [1.807, 2.05) is 4.57 Å². The summed E-state index contributed by atoms with van der Waals surface area (Å²) in [6.45, 7) is 2.89. The average Bonchev–Trinajstić information content (AvgIpc) is 2.73. The molecule has 0 spiro atoms. The average molecular weight is 245 g/mol. The molecule has 2 rings (SSSR count). The molecule has 0 saturated heterocycles. The van der Waals surface area contributed by atoms with Gasteiger partial charge in [-0.25, -0.2) is 4.79 Å². The Balaban J connectivity index is 2.57. The van der Waals surface area contributed by atoms with Crippen LogP contribution in [0.25, 0.3) is 10.9 Å². The van der Waals surface area contributed by atoms with Crippen LogP contribution in [0, 0.1) is 0 Å². The number of rotatable bonds is 5. The fourth-order valence-corrected chi connectivity index (χ4v) is 2.06. The summed E-state index contributed by atoms with van der Waals surface area (Å²) in [5, 5.41) is 9.81. The number of aromatic carboxylic acids is 1. The van der Waals surface area contributed by atoms with Gasteiger partial charge in [0.15, 0.2) is 6.29 Å². The molecule has 0 amide bonds. The molecule has 1 aromatic heterocycles. The molecule has 4 heteroatoms. The van der Waals surface area contributed by atoms with Gasteiger partial charge < -0.3 is 9.67 Å². The number of carboxylic acid groups (broad SMARTS) is 1. The number of carbonyl (C=O) groups excluding carboxylic acids is 1. The summed E-state index contributed by atoms with van der Waals surface area (Å²) >= 11 is 0. The van der Waals surface area contributed by atoms with E-state index in [1.165, 1.54) is 6.07 Å². The van der Waals surface area contributed by atoms with E-state index in [0.717, 1.165) is 36.6 Å². The minimum Gasteiger partial charge on any atom is -0.478 e. The Bertz CT molecular complexity index is 598. The molecule has 0 aliphatic carbocycles. The number of benzene rings is 1. The van der Waals surface area contributed by atoms with E-state index in [2.05, 4.69) is 6.92 Å². The third-order valence-corrected chi connectivity index (χ3v) is 3.04.